The molecule has 0 aliphatic rings. The van der Waals surface area contributed by atoms with E-state index in [1.165, 1.54) is 0 Å². The number of nitrogens with zero attached hydrogens (tertiary/aromatic N) is 3. The fourth-order valence-electron chi connectivity index (χ4n) is 2.54. The van der Waals surface area contributed by atoms with E-state index in [1.807, 2.05) is 24.3 Å². The highest BCUT2D eigenvalue weighted by atomic mass is 16.4. The van der Waals surface area contributed by atoms with Crippen LogP contribution in [0.1, 0.15) is 16.1 Å². The van der Waals surface area contributed by atoms with Gasteiger partial charge in [0.25, 0.3) is 0 Å². The Labute approximate surface area is 142 Å². The summed E-state index contributed by atoms with van der Waals surface area (Å²) in [5.41, 5.74) is 2.58. The van der Waals surface area contributed by atoms with Crippen molar-refractivity contribution >= 4 is 17.4 Å². The van der Waals surface area contributed by atoms with E-state index in [4.69, 9.17) is 9.52 Å². The second kappa shape index (κ2) is 6.12. The molecule has 3 aromatic heterocycles. The SMILES string of the molecule is O=C(O)c1ccc(-c2cnc3ccc(NCc4ccco4)nn23)cc1. The smallest absolute Gasteiger partial charge is 0.335 e. The standard InChI is InChI=1S/C18H14N4O3/c23-18(24)13-5-3-12(4-6-13)15-11-20-17-8-7-16(21-22(15)17)19-10-14-2-1-9-25-14/h1-9,11H,10H2,(H,19,21)(H,23,24). The lowest BCUT2D eigenvalue weighted by Crippen LogP contribution is -2.04. The summed E-state index contributed by atoms with van der Waals surface area (Å²) < 4.78 is 7.02. The maximum Gasteiger partial charge on any atom is 0.335 e. The summed E-state index contributed by atoms with van der Waals surface area (Å²) in [6.45, 7) is 0.531. The van der Waals surface area contributed by atoms with Crippen LogP contribution >= 0.6 is 0 Å². The number of aromatic nitrogens is 3. The van der Waals surface area contributed by atoms with E-state index in [0.717, 1.165) is 17.0 Å². The summed E-state index contributed by atoms with van der Waals surface area (Å²) in [6.07, 6.45) is 3.34. The van der Waals surface area contributed by atoms with Gasteiger partial charge in [-0.1, -0.05) is 12.1 Å². The van der Waals surface area contributed by atoms with Gasteiger partial charge in [0, 0.05) is 5.56 Å². The highest BCUT2D eigenvalue weighted by Gasteiger charge is 2.09. The first-order valence-electron chi connectivity index (χ1n) is 7.65. The predicted molar refractivity (Wildman–Crippen MR) is 91.4 cm³/mol. The number of anilines is 1. The van der Waals surface area contributed by atoms with E-state index in [1.54, 1.807) is 41.2 Å². The Morgan fingerprint density at radius 1 is 1.16 bits per heavy atom. The Morgan fingerprint density at radius 3 is 2.72 bits per heavy atom. The van der Waals surface area contributed by atoms with E-state index in [2.05, 4.69) is 15.4 Å². The van der Waals surface area contributed by atoms with Crippen molar-refractivity contribution in [1.82, 2.24) is 14.6 Å². The molecule has 2 N–H and O–H groups in total. The number of benzene rings is 1. The average Bonchev–Trinajstić information content (AvgIpc) is 3.29. The second-order valence-electron chi connectivity index (χ2n) is 5.45. The van der Waals surface area contributed by atoms with Crippen LogP contribution in [0.3, 0.4) is 0 Å². The highest BCUT2D eigenvalue weighted by Crippen LogP contribution is 2.21. The molecule has 0 radical (unpaired) electrons. The summed E-state index contributed by atoms with van der Waals surface area (Å²) in [5, 5.41) is 16.8. The number of aromatic carboxylic acids is 1. The molecule has 25 heavy (non-hydrogen) atoms. The lowest BCUT2D eigenvalue weighted by molar-refractivity contribution is 0.0697. The lowest BCUT2D eigenvalue weighted by atomic mass is 10.1. The Bertz CT molecular complexity index is 1020. The van der Waals surface area contributed by atoms with Crippen LogP contribution in [0.2, 0.25) is 0 Å². The van der Waals surface area contributed by atoms with E-state index < -0.39 is 5.97 Å². The van der Waals surface area contributed by atoms with Crippen molar-refractivity contribution in [3.05, 3.63) is 72.3 Å². The molecule has 0 saturated heterocycles. The minimum atomic E-state index is -0.952. The molecule has 3 heterocycles. The first kappa shape index (κ1) is 14.9. The van der Waals surface area contributed by atoms with Gasteiger partial charge in [-0.25, -0.2) is 14.3 Å². The molecule has 0 spiro atoms. The molecule has 0 aliphatic heterocycles. The Balaban J connectivity index is 1.65. The molecule has 7 heteroatoms. The van der Waals surface area contributed by atoms with Crippen LogP contribution in [-0.2, 0) is 6.54 Å². The highest BCUT2D eigenvalue weighted by molar-refractivity contribution is 5.88. The van der Waals surface area contributed by atoms with E-state index in [0.29, 0.717) is 18.0 Å². The normalized spacial score (nSPS) is 10.9. The van der Waals surface area contributed by atoms with Gasteiger partial charge < -0.3 is 14.8 Å². The number of rotatable bonds is 5. The van der Waals surface area contributed by atoms with E-state index in [-0.39, 0.29) is 5.56 Å². The predicted octanol–water partition coefficient (Wildman–Crippen LogP) is 3.30. The molecule has 0 aliphatic carbocycles. The van der Waals surface area contributed by atoms with Crippen molar-refractivity contribution in [1.29, 1.82) is 0 Å². The van der Waals surface area contributed by atoms with Gasteiger partial charge in [0.2, 0.25) is 0 Å². The van der Waals surface area contributed by atoms with Crippen LogP contribution in [-0.4, -0.2) is 25.7 Å². The minimum Gasteiger partial charge on any atom is -0.478 e. The summed E-state index contributed by atoms with van der Waals surface area (Å²) in [4.78, 5) is 15.3. The zero-order valence-corrected chi connectivity index (χ0v) is 13.1. The maximum atomic E-state index is 11.0. The lowest BCUT2D eigenvalue weighted by Gasteiger charge is -2.06. The number of furan rings is 1. The fourth-order valence-corrected chi connectivity index (χ4v) is 2.54. The Morgan fingerprint density at radius 2 is 2.00 bits per heavy atom. The number of carbonyl (C=O) groups is 1. The molecule has 0 fully saturated rings. The number of imidazole rings is 1. The molecule has 124 valence electrons. The number of hydrogen-bond donors (Lipinski definition) is 2. The van der Waals surface area contributed by atoms with Gasteiger partial charge in [-0.05, 0) is 36.4 Å². The van der Waals surface area contributed by atoms with Gasteiger partial charge in [0.1, 0.15) is 11.6 Å². The van der Waals surface area contributed by atoms with Crippen LogP contribution in [0, 0.1) is 0 Å². The quantitative estimate of drug-likeness (QED) is 0.582. The molecule has 0 amide bonds. The van der Waals surface area contributed by atoms with Crippen molar-refractivity contribution in [2.75, 3.05) is 5.32 Å². The first-order chi connectivity index (χ1) is 12.2. The zero-order chi connectivity index (χ0) is 17.2. The molecule has 0 atom stereocenters. The average molecular weight is 334 g/mol. The Kier molecular flexibility index (Phi) is 3.66. The molecule has 0 bridgehead atoms. The van der Waals surface area contributed by atoms with E-state index >= 15 is 0 Å². The first-order valence-corrected chi connectivity index (χ1v) is 7.65. The van der Waals surface area contributed by atoms with Crippen LogP contribution in [0.5, 0.6) is 0 Å². The third kappa shape index (κ3) is 2.94. The van der Waals surface area contributed by atoms with Gasteiger partial charge in [-0.15, -0.1) is 5.10 Å². The van der Waals surface area contributed by atoms with Crippen LogP contribution < -0.4 is 5.32 Å². The van der Waals surface area contributed by atoms with Gasteiger partial charge in [-0.2, -0.15) is 0 Å². The van der Waals surface area contributed by atoms with Crippen molar-refractivity contribution in [2.24, 2.45) is 0 Å². The third-order valence-electron chi connectivity index (χ3n) is 3.81. The maximum absolute atomic E-state index is 11.0. The number of hydrogen-bond acceptors (Lipinski definition) is 5. The van der Waals surface area contributed by atoms with Crippen molar-refractivity contribution in [3.63, 3.8) is 0 Å². The van der Waals surface area contributed by atoms with Gasteiger partial charge in [0.15, 0.2) is 5.65 Å². The monoisotopic (exact) mass is 334 g/mol. The minimum absolute atomic E-state index is 0.242. The molecule has 1 aromatic carbocycles. The van der Waals surface area contributed by atoms with Crippen LogP contribution in [0.15, 0.2) is 65.4 Å². The molecular formula is C18H14N4O3. The molecule has 0 unspecified atom stereocenters. The molecule has 4 rings (SSSR count). The summed E-state index contributed by atoms with van der Waals surface area (Å²) in [6, 6.07) is 14.1. The topological polar surface area (TPSA) is 92.7 Å². The van der Waals surface area contributed by atoms with E-state index in [9.17, 15) is 4.79 Å². The van der Waals surface area contributed by atoms with Crippen LogP contribution in [0.25, 0.3) is 16.9 Å². The summed E-state index contributed by atoms with van der Waals surface area (Å²) >= 11 is 0. The Hall–Kier alpha value is -3.61. The number of carboxylic acids is 1. The zero-order valence-electron chi connectivity index (χ0n) is 13.1. The molecule has 7 nitrogen and oxygen atoms in total. The van der Waals surface area contributed by atoms with Crippen molar-refractivity contribution < 1.29 is 14.3 Å². The largest absolute Gasteiger partial charge is 0.478 e. The van der Waals surface area contributed by atoms with Gasteiger partial charge in [0.05, 0.1) is 30.3 Å². The summed E-state index contributed by atoms with van der Waals surface area (Å²) in [5.74, 6) is 0.551. The van der Waals surface area contributed by atoms with Gasteiger partial charge >= 0.3 is 5.97 Å². The van der Waals surface area contributed by atoms with Crippen molar-refractivity contribution in [2.45, 2.75) is 6.54 Å². The van der Waals surface area contributed by atoms with Crippen LogP contribution in [0.4, 0.5) is 5.82 Å². The van der Waals surface area contributed by atoms with Gasteiger partial charge in [-0.3, -0.25) is 0 Å². The number of carboxylic acid groups (broad SMARTS) is 1. The molecule has 4 aromatic rings. The second-order valence-corrected chi connectivity index (χ2v) is 5.45. The van der Waals surface area contributed by atoms with Crippen molar-refractivity contribution in [3.8, 4) is 11.3 Å². The molecule has 0 saturated carbocycles. The fraction of sp³-hybridized carbons (Fsp3) is 0.0556. The number of nitrogens with one attached hydrogen (secondary N) is 1. The summed E-state index contributed by atoms with van der Waals surface area (Å²) in [7, 11) is 0. The number of fused-ring (bicyclic) bond motifs is 1. The molecular weight excluding hydrogens is 320 g/mol. The third-order valence-corrected chi connectivity index (χ3v) is 3.81.